The molecule has 3 unspecified atom stereocenters. The molecule has 7 rings (SSSR count). The van der Waals surface area contributed by atoms with E-state index in [4.69, 9.17) is 11.6 Å². The lowest BCUT2D eigenvalue weighted by Gasteiger charge is -2.39. The summed E-state index contributed by atoms with van der Waals surface area (Å²) in [5.74, 6) is -1.79. The summed E-state index contributed by atoms with van der Waals surface area (Å²) in [4.78, 5) is 59.3. The number of hydrogen-bond donors (Lipinski definition) is 3. The fourth-order valence-corrected chi connectivity index (χ4v) is 7.61. The Bertz CT molecular complexity index is 2060. The van der Waals surface area contributed by atoms with Crippen molar-refractivity contribution in [2.24, 2.45) is 24.8 Å². The average Bonchev–Trinajstić information content (AvgIpc) is 3.90. The lowest BCUT2D eigenvalue weighted by atomic mass is 9.79. The normalized spacial score (nSPS) is 17.8. The highest BCUT2D eigenvalue weighted by Crippen LogP contribution is 2.37. The summed E-state index contributed by atoms with van der Waals surface area (Å²) >= 11 is 6.13. The molecule has 276 valence electrons. The number of likely N-dealkylation sites (N-methyl/N-ethyl adjacent to an activating group) is 1. The summed E-state index contributed by atoms with van der Waals surface area (Å²) in [6.45, 7) is 3.44. The minimum absolute atomic E-state index is 0.105. The monoisotopic (exact) mass is 735 g/mol. The van der Waals surface area contributed by atoms with Gasteiger partial charge in [-0.15, -0.1) is 0 Å². The van der Waals surface area contributed by atoms with E-state index in [1.807, 2.05) is 55.7 Å². The molecule has 2 aliphatic rings. The van der Waals surface area contributed by atoms with Gasteiger partial charge in [0.1, 0.15) is 0 Å². The Hall–Kier alpha value is -5.42. The topological polar surface area (TPSA) is 132 Å². The van der Waals surface area contributed by atoms with Crippen LogP contribution in [0.4, 0.5) is 0 Å². The Kier molecular flexibility index (Phi) is 11.9. The van der Waals surface area contributed by atoms with Crippen LogP contribution in [0.3, 0.4) is 0 Å². The van der Waals surface area contributed by atoms with Crippen LogP contribution in [0.25, 0.3) is 22.2 Å². The summed E-state index contributed by atoms with van der Waals surface area (Å²) in [5, 5.41) is 11.3. The van der Waals surface area contributed by atoms with Crippen LogP contribution < -0.4 is 10.6 Å². The summed E-state index contributed by atoms with van der Waals surface area (Å²) in [6.07, 6.45) is 4.42. The molecular formula is C41H46ClN7O4. The molecule has 11 nitrogen and oxygen atoms in total. The predicted molar refractivity (Wildman–Crippen MR) is 206 cm³/mol. The summed E-state index contributed by atoms with van der Waals surface area (Å²) in [7, 11) is 3.31. The number of aromatic nitrogens is 3. The molecule has 0 bridgehead atoms. The number of nitrogens with one attached hydrogen (secondary N) is 3. The van der Waals surface area contributed by atoms with Crippen molar-refractivity contribution < 1.29 is 19.2 Å². The molecule has 4 heterocycles. The molecule has 0 saturated carbocycles. The fraction of sp³-hybridized carbons (Fsp3) is 0.341. The second kappa shape index (κ2) is 16.9. The van der Waals surface area contributed by atoms with Crippen LogP contribution in [0.1, 0.15) is 35.0 Å². The first-order chi connectivity index (χ1) is 25.6. The van der Waals surface area contributed by atoms with Gasteiger partial charge in [-0.25, -0.2) is 0 Å². The summed E-state index contributed by atoms with van der Waals surface area (Å²) in [6, 6.07) is 27.6. The van der Waals surface area contributed by atoms with Crippen molar-refractivity contribution in [3.8, 4) is 11.3 Å². The van der Waals surface area contributed by atoms with E-state index in [1.54, 1.807) is 26.6 Å². The average molecular weight is 736 g/mol. The van der Waals surface area contributed by atoms with Crippen molar-refractivity contribution in [3.05, 3.63) is 113 Å². The first-order valence-corrected chi connectivity index (χ1v) is 18.5. The first-order valence-electron chi connectivity index (χ1n) is 18.1. The molecule has 53 heavy (non-hydrogen) atoms. The van der Waals surface area contributed by atoms with Gasteiger partial charge in [0.25, 0.3) is 5.91 Å². The van der Waals surface area contributed by atoms with Crippen LogP contribution in [-0.2, 0) is 34.3 Å². The van der Waals surface area contributed by atoms with Gasteiger partial charge in [-0.05, 0) is 53.1 Å². The lowest BCUT2D eigenvalue weighted by Crippen LogP contribution is -2.54. The smallest absolute Gasteiger partial charge is 0.274 e. The highest BCUT2D eigenvalue weighted by molar-refractivity contribution is 6.31. The Morgan fingerprint density at radius 1 is 0.906 bits per heavy atom. The Morgan fingerprint density at radius 2 is 1.62 bits per heavy atom. The third kappa shape index (κ3) is 8.80. The fourth-order valence-electron chi connectivity index (χ4n) is 7.44. The zero-order chi connectivity index (χ0) is 37.5. The summed E-state index contributed by atoms with van der Waals surface area (Å²) in [5.41, 5.74) is 5.25. The highest BCUT2D eigenvalue weighted by atomic mass is 35.5. The van der Waals surface area contributed by atoms with Crippen molar-refractivity contribution in [3.63, 3.8) is 0 Å². The highest BCUT2D eigenvalue weighted by Gasteiger charge is 2.48. The molecule has 0 spiro atoms. The van der Waals surface area contributed by atoms with E-state index in [9.17, 15) is 19.2 Å². The maximum absolute atomic E-state index is 13.7. The van der Waals surface area contributed by atoms with Gasteiger partial charge in [-0.2, -0.15) is 5.10 Å². The molecule has 3 aromatic carbocycles. The zero-order valence-corrected chi connectivity index (χ0v) is 31.1. The number of aryl methyl sites for hydroxylation is 2. The molecule has 2 aliphatic heterocycles. The first kappa shape index (κ1) is 37.3. The Morgan fingerprint density at radius 3 is 2.34 bits per heavy atom. The van der Waals surface area contributed by atoms with E-state index in [-0.39, 0.29) is 55.0 Å². The van der Waals surface area contributed by atoms with Gasteiger partial charge in [-0.3, -0.25) is 23.9 Å². The number of piperidine rings is 1. The SMILES string of the molecule is CCCc1ccccc1.CNC(=O)CNC(=O)C1CN(C(=O)Cc2c[nH]c3cc(Cl)ccc23)CC2CN(C(=O)c3cc(-c4ccccc4)n(C)n3)CC21. The van der Waals surface area contributed by atoms with E-state index >= 15 is 0 Å². The van der Waals surface area contributed by atoms with E-state index in [0.29, 0.717) is 30.4 Å². The van der Waals surface area contributed by atoms with Crippen LogP contribution in [0.5, 0.6) is 0 Å². The lowest BCUT2D eigenvalue weighted by molar-refractivity contribution is -0.139. The molecule has 12 heteroatoms. The predicted octanol–water partition coefficient (Wildman–Crippen LogP) is 5.11. The molecular weight excluding hydrogens is 690 g/mol. The van der Waals surface area contributed by atoms with E-state index in [2.05, 4.69) is 58.0 Å². The second-order valence-electron chi connectivity index (χ2n) is 13.8. The number of likely N-dealkylation sites (tertiary alicyclic amines) is 2. The molecule has 0 aliphatic carbocycles. The maximum Gasteiger partial charge on any atom is 0.274 e. The summed E-state index contributed by atoms with van der Waals surface area (Å²) < 4.78 is 1.69. The molecule has 3 N–H and O–H groups in total. The maximum atomic E-state index is 13.7. The number of nitrogens with zero attached hydrogens (tertiary/aromatic N) is 4. The van der Waals surface area contributed by atoms with Crippen LogP contribution in [0.15, 0.2) is 91.1 Å². The van der Waals surface area contributed by atoms with Gasteiger partial charge >= 0.3 is 0 Å². The van der Waals surface area contributed by atoms with Crippen molar-refractivity contribution in [1.29, 1.82) is 0 Å². The van der Waals surface area contributed by atoms with E-state index < -0.39 is 5.92 Å². The molecule has 2 aromatic heterocycles. The van der Waals surface area contributed by atoms with Gasteiger partial charge in [0, 0.05) is 62.4 Å². The van der Waals surface area contributed by atoms with Gasteiger partial charge in [0.15, 0.2) is 5.69 Å². The zero-order valence-electron chi connectivity index (χ0n) is 30.3. The van der Waals surface area contributed by atoms with Crippen LogP contribution in [0, 0.1) is 17.8 Å². The van der Waals surface area contributed by atoms with Crippen LogP contribution >= 0.6 is 11.6 Å². The molecule has 0 radical (unpaired) electrons. The number of benzene rings is 3. The van der Waals surface area contributed by atoms with Crippen molar-refractivity contribution in [1.82, 2.24) is 35.2 Å². The number of carbonyl (C=O) groups is 4. The number of hydrogen-bond acceptors (Lipinski definition) is 5. The van der Waals surface area contributed by atoms with Crippen LogP contribution in [-0.4, -0.2) is 88.0 Å². The number of aromatic amines is 1. The molecule has 2 saturated heterocycles. The number of halogens is 1. The molecule has 4 amide bonds. The number of fused-ring (bicyclic) bond motifs is 2. The van der Waals surface area contributed by atoms with Gasteiger partial charge in [0.05, 0.1) is 24.6 Å². The minimum Gasteiger partial charge on any atom is -0.361 e. The van der Waals surface area contributed by atoms with Gasteiger partial charge in [0.2, 0.25) is 17.7 Å². The molecule has 2 fully saturated rings. The van der Waals surface area contributed by atoms with Crippen molar-refractivity contribution >= 4 is 46.1 Å². The number of carbonyl (C=O) groups excluding carboxylic acids is 4. The Balaban J connectivity index is 0.000000468. The second-order valence-corrected chi connectivity index (χ2v) is 14.2. The van der Waals surface area contributed by atoms with Gasteiger partial charge < -0.3 is 25.4 Å². The van der Waals surface area contributed by atoms with Crippen molar-refractivity contribution in [2.75, 3.05) is 39.8 Å². The third-order valence-electron chi connectivity index (χ3n) is 10.2. The minimum atomic E-state index is -0.578. The largest absolute Gasteiger partial charge is 0.361 e. The standard InChI is InChI=1S/C32H34ClN7O4.C9H12/c1-34-29(41)14-36-31(43)25-18-39(30(42)10-20-13-35-26-11-22(33)8-9-23(20)26)15-21-16-40(17-24(21)25)32(44)27-12-28(38(2)37-27)19-6-4-3-5-7-19;1-2-6-9-7-4-3-5-8-9/h3-9,11-13,21,24-25,35H,10,14-18H2,1-2H3,(H,34,41)(H,36,43);3-5,7-8H,2,6H2,1H3. The van der Waals surface area contributed by atoms with Gasteiger partial charge in [-0.1, -0.05) is 91.7 Å². The molecule has 5 aromatic rings. The number of amides is 4. The van der Waals surface area contributed by atoms with E-state index in [1.165, 1.54) is 25.5 Å². The number of H-pyrrole nitrogens is 1. The third-order valence-corrected chi connectivity index (χ3v) is 10.4. The quantitative estimate of drug-likeness (QED) is 0.194. The molecule has 3 atom stereocenters. The number of rotatable bonds is 9. The van der Waals surface area contributed by atoms with E-state index in [0.717, 1.165) is 27.7 Å². The van der Waals surface area contributed by atoms with Crippen molar-refractivity contribution in [2.45, 2.75) is 26.2 Å². The van der Waals surface area contributed by atoms with Crippen LogP contribution in [0.2, 0.25) is 5.02 Å². The Labute approximate surface area is 314 Å².